The molecule has 0 heterocycles. The van der Waals surface area contributed by atoms with Crippen LogP contribution in [-0.2, 0) is 0 Å². The maximum atomic E-state index is 13.2. The lowest BCUT2D eigenvalue weighted by atomic mass is 9.80. The van der Waals surface area contributed by atoms with Gasteiger partial charge in [0, 0.05) is 11.5 Å². The molecule has 1 saturated carbocycles. The molecule has 0 aliphatic heterocycles. The minimum Gasteiger partial charge on any atom is -0.430 e. The van der Waals surface area contributed by atoms with E-state index in [0.717, 1.165) is 43.7 Å². The Labute approximate surface area is 155 Å². The van der Waals surface area contributed by atoms with Gasteiger partial charge in [0.05, 0.1) is 0 Å². The third-order valence-corrected chi connectivity index (χ3v) is 4.65. The molecule has 1 aliphatic carbocycles. The number of halogens is 6. The molecule has 0 radical (unpaired) electrons. The van der Waals surface area contributed by atoms with Crippen molar-refractivity contribution in [3.8, 4) is 17.6 Å². The standard InChI is InChI=1S/C20H22F6O/c1-2-3-14-4-6-15(7-5-14)8-9-16-10-12-17(13-11-16)27-20(25,26)18(21)19(22,23)24/h10-15,18H,2-7H2,1H3. The molecule has 1 atom stereocenters. The quantitative estimate of drug-likeness (QED) is 0.410. The predicted octanol–water partition coefficient (Wildman–Crippen LogP) is 6.52. The van der Waals surface area contributed by atoms with E-state index >= 15 is 0 Å². The molecular weight excluding hydrogens is 370 g/mol. The fourth-order valence-corrected chi connectivity index (χ4v) is 3.19. The van der Waals surface area contributed by atoms with Crippen molar-refractivity contribution in [2.24, 2.45) is 11.8 Å². The van der Waals surface area contributed by atoms with Crippen molar-refractivity contribution in [3.05, 3.63) is 29.8 Å². The van der Waals surface area contributed by atoms with Crippen LogP contribution in [0.2, 0.25) is 0 Å². The number of ether oxygens (including phenoxy) is 1. The third kappa shape index (κ3) is 6.37. The first-order valence-corrected chi connectivity index (χ1v) is 9.01. The highest BCUT2D eigenvalue weighted by atomic mass is 19.4. The molecule has 2 rings (SSSR count). The average molecular weight is 392 g/mol. The van der Waals surface area contributed by atoms with Crippen molar-refractivity contribution < 1.29 is 31.1 Å². The fraction of sp³-hybridized carbons (Fsp3) is 0.600. The van der Waals surface area contributed by atoms with Gasteiger partial charge in [0.25, 0.3) is 6.17 Å². The molecule has 1 aromatic carbocycles. The topological polar surface area (TPSA) is 9.23 Å². The second-order valence-electron chi connectivity index (χ2n) is 6.87. The van der Waals surface area contributed by atoms with Crippen LogP contribution in [0, 0.1) is 23.7 Å². The first-order chi connectivity index (χ1) is 12.6. The van der Waals surface area contributed by atoms with Crippen LogP contribution >= 0.6 is 0 Å². The van der Waals surface area contributed by atoms with Crippen molar-refractivity contribution >= 4 is 0 Å². The summed E-state index contributed by atoms with van der Waals surface area (Å²) in [7, 11) is 0. The Hall–Kier alpha value is -1.84. The van der Waals surface area contributed by atoms with Crippen LogP contribution in [0.15, 0.2) is 24.3 Å². The van der Waals surface area contributed by atoms with E-state index in [2.05, 4.69) is 23.5 Å². The van der Waals surface area contributed by atoms with Crippen LogP contribution < -0.4 is 4.74 Å². The summed E-state index contributed by atoms with van der Waals surface area (Å²) in [6.45, 7) is 2.17. The lowest BCUT2D eigenvalue weighted by Gasteiger charge is -2.25. The first kappa shape index (κ1) is 21.5. The monoisotopic (exact) mass is 392 g/mol. The van der Waals surface area contributed by atoms with Gasteiger partial charge >= 0.3 is 12.3 Å². The van der Waals surface area contributed by atoms with Crippen molar-refractivity contribution in [2.45, 2.75) is 63.9 Å². The van der Waals surface area contributed by atoms with Gasteiger partial charge in [-0.1, -0.05) is 31.6 Å². The largest absolute Gasteiger partial charge is 0.439 e. The van der Waals surface area contributed by atoms with E-state index in [1.807, 2.05) is 0 Å². The Balaban J connectivity index is 1.93. The summed E-state index contributed by atoms with van der Waals surface area (Å²) < 4.78 is 79.5. The normalized spacial score (nSPS) is 21.9. The van der Waals surface area contributed by atoms with Crippen molar-refractivity contribution in [1.82, 2.24) is 0 Å². The number of hydrogen-bond donors (Lipinski definition) is 0. The zero-order valence-electron chi connectivity index (χ0n) is 15.0. The van der Waals surface area contributed by atoms with E-state index in [1.165, 1.54) is 25.0 Å². The predicted molar refractivity (Wildman–Crippen MR) is 90.2 cm³/mol. The van der Waals surface area contributed by atoms with Gasteiger partial charge in [-0.05, 0) is 55.9 Å². The Morgan fingerprint density at radius 3 is 2.15 bits per heavy atom. The highest BCUT2D eigenvalue weighted by Gasteiger charge is 2.59. The Bertz CT molecular complexity index is 648. The minimum absolute atomic E-state index is 0.289. The summed E-state index contributed by atoms with van der Waals surface area (Å²) >= 11 is 0. The van der Waals surface area contributed by atoms with E-state index in [1.54, 1.807) is 0 Å². The maximum Gasteiger partial charge on any atom is 0.439 e. The van der Waals surface area contributed by atoms with E-state index < -0.39 is 24.2 Å². The van der Waals surface area contributed by atoms with E-state index in [-0.39, 0.29) is 5.92 Å². The smallest absolute Gasteiger partial charge is 0.430 e. The van der Waals surface area contributed by atoms with Gasteiger partial charge in [-0.15, -0.1) is 0 Å². The summed E-state index contributed by atoms with van der Waals surface area (Å²) in [6, 6.07) is 4.84. The van der Waals surface area contributed by atoms with Gasteiger partial charge < -0.3 is 4.74 Å². The van der Waals surface area contributed by atoms with Crippen LogP contribution in [0.1, 0.15) is 51.0 Å². The number of benzene rings is 1. The SMILES string of the molecule is CCCC1CCC(C#Cc2ccc(OC(F)(F)C(F)C(F)(F)F)cc2)CC1. The summed E-state index contributed by atoms with van der Waals surface area (Å²) in [5, 5.41) is 0. The number of hydrogen-bond acceptors (Lipinski definition) is 1. The van der Waals surface area contributed by atoms with E-state index in [4.69, 9.17) is 0 Å². The molecule has 0 spiro atoms. The average Bonchev–Trinajstić information content (AvgIpc) is 2.61. The summed E-state index contributed by atoms with van der Waals surface area (Å²) in [5.74, 6) is 6.61. The zero-order chi connectivity index (χ0) is 20.1. The van der Waals surface area contributed by atoms with Crippen LogP contribution in [0.4, 0.5) is 26.3 Å². The second kappa shape index (κ2) is 8.90. The molecule has 0 bridgehead atoms. The summed E-state index contributed by atoms with van der Waals surface area (Å²) in [6.07, 6.45) is -8.32. The molecule has 0 aromatic heterocycles. The second-order valence-corrected chi connectivity index (χ2v) is 6.87. The molecular formula is C20H22F6O. The Kier molecular flexibility index (Phi) is 7.07. The highest BCUT2D eigenvalue weighted by molar-refractivity contribution is 5.38. The molecule has 1 aliphatic rings. The van der Waals surface area contributed by atoms with Gasteiger partial charge in [0.2, 0.25) is 0 Å². The fourth-order valence-electron chi connectivity index (χ4n) is 3.19. The van der Waals surface area contributed by atoms with Crippen molar-refractivity contribution in [3.63, 3.8) is 0 Å². The van der Waals surface area contributed by atoms with Gasteiger partial charge in [0.1, 0.15) is 5.75 Å². The molecule has 7 heteroatoms. The number of rotatable bonds is 5. The first-order valence-electron chi connectivity index (χ1n) is 9.01. The maximum absolute atomic E-state index is 13.2. The van der Waals surface area contributed by atoms with Gasteiger partial charge in [-0.2, -0.15) is 22.0 Å². The third-order valence-electron chi connectivity index (χ3n) is 4.65. The molecule has 0 N–H and O–H groups in total. The van der Waals surface area contributed by atoms with Gasteiger partial charge in [-0.25, -0.2) is 4.39 Å². The number of alkyl halides is 6. The molecule has 1 fully saturated rings. The van der Waals surface area contributed by atoms with Crippen LogP contribution in [0.5, 0.6) is 5.75 Å². The molecule has 1 nitrogen and oxygen atoms in total. The van der Waals surface area contributed by atoms with Crippen LogP contribution in [0.3, 0.4) is 0 Å². The van der Waals surface area contributed by atoms with Crippen LogP contribution in [0.25, 0.3) is 0 Å². The van der Waals surface area contributed by atoms with Crippen molar-refractivity contribution in [2.75, 3.05) is 0 Å². The molecule has 0 amide bonds. The minimum atomic E-state index is -5.70. The van der Waals surface area contributed by atoms with E-state index in [9.17, 15) is 26.3 Å². The van der Waals surface area contributed by atoms with Crippen molar-refractivity contribution in [1.29, 1.82) is 0 Å². The van der Waals surface area contributed by atoms with Gasteiger partial charge in [0.15, 0.2) is 0 Å². The Morgan fingerprint density at radius 2 is 1.63 bits per heavy atom. The lowest BCUT2D eigenvalue weighted by Crippen LogP contribution is -2.45. The zero-order valence-corrected chi connectivity index (χ0v) is 15.0. The molecule has 1 unspecified atom stereocenters. The van der Waals surface area contributed by atoms with Crippen LogP contribution in [-0.4, -0.2) is 18.5 Å². The molecule has 1 aromatic rings. The Morgan fingerprint density at radius 1 is 1.04 bits per heavy atom. The highest BCUT2D eigenvalue weighted by Crippen LogP contribution is 2.36. The van der Waals surface area contributed by atoms with E-state index in [0.29, 0.717) is 5.56 Å². The molecule has 150 valence electrons. The van der Waals surface area contributed by atoms with Gasteiger partial charge in [-0.3, -0.25) is 0 Å². The summed E-state index contributed by atoms with van der Waals surface area (Å²) in [4.78, 5) is 0. The molecule has 0 saturated heterocycles. The lowest BCUT2D eigenvalue weighted by molar-refractivity contribution is -0.304. The summed E-state index contributed by atoms with van der Waals surface area (Å²) in [5.41, 5.74) is 0.536. The molecule has 27 heavy (non-hydrogen) atoms.